The number of methoxy groups -OCH3 is 2. The fourth-order valence-electron chi connectivity index (χ4n) is 7.75. The molecule has 56 heavy (non-hydrogen) atoms. The van der Waals surface area contributed by atoms with Gasteiger partial charge in [-0.3, -0.25) is 9.59 Å². The maximum Gasteiger partial charge on any atom is 0.407 e. The lowest BCUT2D eigenvalue weighted by Crippen LogP contribution is -2.53. The molecular weight excluding hydrogens is 846 g/mol. The van der Waals surface area contributed by atoms with Gasteiger partial charge < -0.3 is 34.9 Å². The number of allylic oxidation sites excluding steroid dienone is 1. The van der Waals surface area contributed by atoms with Crippen LogP contribution in [0.3, 0.4) is 0 Å². The average molecular weight is 896 g/mol. The van der Waals surface area contributed by atoms with Crippen LogP contribution in [-0.4, -0.2) is 94.9 Å². The number of alkyl carbamates (subject to hydrolysis) is 2. The Hall–Kier alpha value is -4.50. The molecule has 2 aromatic carbocycles. The lowest BCUT2D eigenvalue weighted by atomic mass is 9.95. The monoisotopic (exact) mass is 893 g/mol. The second-order valence-corrected chi connectivity index (χ2v) is 16.6. The quantitative estimate of drug-likeness (QED) is 0.166. The van der Waals surface area contributed by atoms with Crippen LogP contribution in [-0.2, 0) is 19.1 Å². The standard InChI is InChI=1S/C41H49Br2N7O6/c1-22(2)32(46-40(53)55-5)38(51)49-19-7-9-30(49)29-21-28(35(42)44-29)26-15-11-24(12-16-26)25-13-17-27(18-14-25)34-36(43)48-37(45-34)31-10-8-20-50(31)39(52)33(23(3)4)47-41(54)56-6/h11-18,22-23,30-33H,7-10,19-21H2,1-6H3,(H,45,48)(H,46,53)(H,47,54)/t30-,31-,32-,33-/m0/s1. The van der Waals surface area contributed by atoms with Crippen LogP contribution in [0.1, 0.15) is 77.2 Å². The number of aliphatic imine (C=N–C) groups is 1. The lowest BCUT2D eigenvalue weighted by molar-refractivity contribution is -0.135. The van der Waals surface area contributed by atoms with Gasteiger partial charge in [0.15, 0.2) is 0 Å². The second-order valence-electron chi connectivity index (χ2n) is 15.1. The first-order valence-corrected chi connectivity index (χ1v) is 20.6. The van der Waals surface area contributed by atoms with E-state index in [1.165, 1.54) is 14.2 Å². The van der Waals surface area contributed by atoms with Gasteiger partial charge in [-0.2, -0.15) is 0 Å². The van der Waals surface area contributed by atoms with Crippen molar-refractivity contribution in [1.82, 2.24) is 30.4 Å². The predicted molar refractivity (Wildman–Crippen MR) is 222 cm³/mol. The lowest BCUT2D eigenvalue weighted by Gasteiger charge is -2.31. The van der Waals surface area contributed by atoms with Crippen LogP contribution in [0.15, 0.2) is 62.7 Å². The van der Waals surface area contributed by atoms with Crippen molar-refractivity contribution < 1.29 is 28.7 Å². The number of imidazole rings is 1. The fraction of sp³-hybridized carbons (Fsp3) is 0.463. The molecule has 4 atom stereocenters. The van der Waals surface area contributed by atoms with Crippen molar-refractivity contribution in [3.05, 3.63) is 69.1 Å². The summed E-state index contributed by atoms with van der Waals surface area (Å²) < 4.78 is 11.0. The van der Waals surface area contributed by atoms with Crippen molar-refractivity contribution in [1.29, 1.82) is 0 Å². The van der Waals surface area contributed by atoms with E-state index in [1.807, 2.05) is 44.7 Å². The predicted octanol–water partition coefficient (Wildman–Crippen LogP) is 7.83. The topological polar surface area (TPSA) is 158 Å². The summed E-state index contributed by atoms with van der Waals surface area (Å²) in [5, 5.41) is 5.41. The zero-order valence-corrected chi connectivity index (χ0v) is 35.7. The summed E-state index contributed by atoms with van der Waals surface area (Å²) in [5.41, 5.74) is 6.84. The van der Waals surface area contributed by atoms with Crippen LogP contribution >= 0.6 is 31.9 Å². The number of hydrogen-bond acceptors (Lipinski definition) is 8. The number of carbonyl (C=O) groups excluding carboxylic acids is 4. The number of H-pyrrole nitrogens is 1. The van der Waals surface area contributed by atoms with Crippen LogP contribution in [0, 0.1) is 11.8 Å². The minimum atomic E-state index is -0.702. The number of amides is 4. The average Bonchev–Trinajstić information content (AvgIpc) is 4.02. The van der Waals surface area contributed by atoms with Crippen molar-refractivity contribution in [3.63, 3.8) is 0 Å². The van der Waals surface area contributed by atoms with E-state index < -0.39 is 24.3 Å². The molecule has 2 fully saturated rings. The van der Waals surface area contributed by atoms with E-state index in [0.717, 1.165) is 74.1 Å². The maximum atomic E-state index is 13.6. The number of nitrogens with one attached hydrogen (secondary N) is 3. The first-order chi connectivity index (χ1) is 26.8. The number of halogens is 2. The van der Waals surface area contributed by atoms with Gasteiger partial charge in [0.2, 0.25) is 11.8 Å². The van der Waals surface area contributed by atoms with Gasteiger partial charge in [0.25, 0.3) is 0 Å². The summed E-state index contributed by atoms with van der Waals surface area (Å²) in [4.78, 5) is 68.1. The molecule has 13 nitrogen and oxygen atoms in total. The first kappa shape index (κ1) is 41.1. The summed E-state index contributed by atoms with van der Waals surface area (Å²) in [5.74, 6) is 0.210. The third kappa shape index (κ3) is 8.73. The van der Waals surface area contributed by atoms with Crippen LogP contribution in [0.4, 0.5) is 9.59 Å². The van der Waals surface area contributed by atoms with Gasteiger partial charge in [0.1, 0.15) is 32.8 Å². The highest BCUT2D eigenvalue weighted by molar-refractivity contribution is 9.11. The summed E-state index contributed by atoms with van der Waals surface area (Å²) in [6, 6.07) is 14.8. The van der Waals surface area contributed by atoms with Crippen molar-refractivity contribution in [3.8, 4) is 22.4 Å². The van der Waals surface area contributed by atoms with Gasteiger partial charge in [-0.05, 0) is 91.6 Å². The fourth-order valence-corrected chi connectivity index (χ4v) is 8.87. The molecule has 3 aliphatic rings. The van der Waals surface area contributed by atoms with Crippen LogP contribution in [0.25, 0.3) is 28.0 Å². The van der Waals surface area contributed by atoms with Gasteiger partial charge in [-0.1, -0.05) is 76.2 Å². The smallest absolute Gasteiger partial charge is 0.407 e. The summed E-state index contributed by atoms with van der Waals surface area (Å²) in [7, 11) is 2.58. The van der Waals surface area contributed by atoms with Crippen LogP contribution in [0.2, 0.25) is 0 Å². The number of carbonyl (C=O) groups is 4. The molecule has 3 N–H and O–H groups in total. The number of benzene rings is 2. The molecule has 0 saturated carbocycles. The Kier molecular flexibility index (Phi) is 13.0. The number of ether oxygens (including phenoxy) is 2. The number of rotatable bonds is 11. The Bertz CT molecular complexity index is 2010. The molecule has 1 aromatic heterocycles. The van der Waals surface area contributed by atoms with Crippen LogP contribution < -0.4 is 10.6 Å². The molecule has 3 aliphatic heterocycles. The molecule has 0 aliphatic carbocycles. The van der Waals surface area contributed by atoms with E-state index >= 15 is 0 Å². The summed E-state index contributed by atoms with van der Waals surface area (Å²) in [6.07, 6.45) is 2.65. The summed E-state index contributed by atoms with van der Waals surface area (Å²) in [6.45, 7) is 8.81. The molecule has 0 bridgehead atoms. The molecule has 298 valence electrons. The molecule has 4 amide bonds. The highest BCUT2D eigenvalue weighted by Gasteiger charge is 2.40. The molecule has 0 radical (unpaired) electrons. The molecule has 2 saturated heterocycles. The molecule has 0 unspecified atom stereocenters. The van der Waals surface area contributed by atoms with Gasteiger partial charge in [0, 0.05) is 30.8 Å². The molecule has 4 heterocycles. The largest absolute Gasteiger partial charge is 0.453 e. The van der Waals surface area contributed by atoms with E-state index in [-0.39, 0.29) is 35.7 Å². The minimum absolute atomic E-state index is 0.0991. The Morgan fingerprint density at radius 3 is 1.70 bits per heavy atom. The maximum absolute atomic E-state index is 13.6. The third-order valence-corrected chi connectivity index (χ3v) is 12.0. The number of nitrogens with zero attached hydrogens (tertiary/aromatic N) is 4. The number of hydrogen-bond donors (Lipinski definition) is 3. The van der Waals surface area contributed by atoms with E-state index in [2.05, 4.69) is 83.9 Å². The van der Waals surface area contributed by atoms with Gasteiger partial charge in [0.05, 0.1) is 26.3 Å². The molecule has 3 aromatic rings. The van der Waals surface area contributed by atoms with E-state index in [4.69, 9.17) is 19.5 Å². The van der Waals surface area contributed by atoms with E-state index in [0.29, 0.717) is 25.3 Å². The zero-order chi connectivity index (χ0) is 40.3. The Morgan fingerprint density at radius 2 is 1.20 bits per heavy atom. The summed E-state index contributed by atoms with van der Waals surface area (Å²) >= 11 is 7.37. The zero-order valence-electron chi connectivity index (χ0n) is 32.5. The molecule has 0 spiro atoms. The van der Waals surface area contributed by atoms with Gasteiger partial charge in [-0.25, -0.2) is 19.6 Å². The highest BCUT2D eigenvalue weighted by Crippen LogP contribution is 2.39. The SMILES string of the molecule is COC(=O)N[C@H](C(=O)N1CCC[C@H]1C1=NC(Br)=C(c2ccc(-c3ccc(-c4nc([C@@H]5CCCN5C(=O)[C@@H](NC(=O)OC)C(C)C)[nH]c4Br)cc3)cc2)C1)C(C)C. The normalized spacial score (nSPS) is 19.4. The molecule has 15 heteroatoms. The van der Waals surface area contributed by atoms with Crippen molar-refractivity contribution in [2.45, 2.75) is 84.0 Å². The number of aromatic nitrogens is 2. The number of likely N-dealkylation sites (tertiary alicyclic amines) is 2. The van der Waals surface area contributed by atoms with E-state index in [1.54, 1.807) is 4.90 Å². The second kappa shape index (κ2) is 17.7. The van der Waals surface area contributed by atoms with Crippen molar-refractivity contribution in [2.75, 3.05) is 27.3 Å². The van der Waals surface area contributed by atoms with Crippen molar-refractivity contribution >= 4 is 67.1 Å². The minimum Gasteiger partial charge on any atom is -0.453 e. The van der Waals surface area contributed by atoms with Crippen molar-refractivity contribution in [2.24, 2.45) is 16.8 Å². The van der Waals surface area contributed by atoms with Gasteiger partial charge >= 0.3 is 12.2 Å². The first-order valence-electron chi connectivity index (χ1n) is 19.0. The highest BCUT2D eigenvalue weighted by atomic mass is 79.9. The Morgan fingerprint density at radius 1 is 0.732 bits per heavy atom. The Labute approximate surface area is 344 Å². The van der Waals surface area contributed by atoms with Gasteiger partial charge in [-0.15, -0.1) is 0 Å². The number of aromatic amines is 1. The van der Waals surface area contributed by atoms with E-state index in [9.17, 15) is 19.2 Å². The Balaban J connectivity index is 1.11. The third-order valence-electron chi connectivity index (χ3n) is 10.8. The van der Waals surface area contributed by atoms with Crippen LogP contribution in [0.5, 0.6) is 0 Å². The molecular formula is C41H49Br2N7O6. The molecule has 6 rings (SSSR count).